The molecule has 1 N–H and O–H groups in total. The second kappa shape index (κ2) is 6.14. The predicted molar refractivity (Wildman–Crippen MR) is 71.4 cm³/mol. The van der Waals surface area contributed by atoms with Crippen LogP contribution in [0, 0.1) is 0 Å². The molecule has 0 radical (unpaired) electrons. The van der Waals surface area contributed by atoms with Gasteiger partial charge < -0.3 is 4.90 Å². The van der Waals surface area contributed by atoms with Gasteiger partial charge in [-0.2, -0.15) is 8.42 Å². The van der Waals surface area contributed by atoms with Gasteiger partial charge in [0, 0.05) is 19.3 Å². The van der Waals surface area contributed by atoms with Crippen LogP contribution < -0.4 is 4.90 Å². The van der Waals surface area contributed by atoms with Gasteiger partial charge in [-0.25, -0.2) is 4.18 Å². The first-order valence-electron chi connectivity index (χ1n) is 4.93. The minimum atomic E-state index is -4.40. The van der Waals surface area contributed by atoms with Crippen LogP contribution in [0.3, 0.4) is 0 Å². The molecule has 0 aliphatic heterocycles. The van der Waals surface area contributed by atoms with Crippen molar-refractivity contribution in [2.45, 2.75) is 0 Å². The van der Waals surface area contributed by atoms with Crippen LogP contribution in [0.4, 0.5) is 11.4 Å². The van der Waals surface area contributed by atoms with Crippen molar-refractivity contribution in [3.63, 3.8) is 0 Å². The summed E-state index contributed by atoms with van der Waals surface area (Å²) in [6.45, 7) is 3.50. The van der Waals surface area contributed by atoms with E-state index >= 15 is 0 Å². The lowest BCUT2D eigenvalue weighted by Gasteiger charge is -2.19. The van der Waals surface area contributed by atoms with Crippen LogP contribution >= 0.6 is 11.6 Å². The summed E-state index contributed by atoms with van der Waals surface area (Å²) in [7, 11) is -2.66. The Balaban J connectivity index is 2.64. The standard InChI is InChI=1S/C10H13ClN2O4S/c1-12-10-4-3-8(7-9(10)11)13(2)5-6-17-18(14,15)16/h3-4,7H,1,5-6H2,2H3,(H,14,15,16). The van der Waals surface area contributed by atoms with Crippen molar-refractivity contribution in [3.05, 3.63) is 23.2 Å². The van der Waals surface area contributed by atoms with E-state index in [0.29, 0.717) is 10.7 Å². The van der Waals surface area contributed by atoms with Gasteiger partial charge in [0.15, 0.2) is 0 Å². The molecule has 1 aromatic carbocycles. The normalized spacial score (nSPS) is 11.3. The zero-order valence-corrected chi connectivity index (χ0v) is 11.3. The molecule has 0 heterocycles. The maximum Gasteiger partial charge on any atom is 0.397 e. The summed E-state index contributed by atoms with van der Waals surface area (Å²) in [6.07, 6.45) is 0. The molecule has 18 heavy (non-hydrogen) atoms. The zero-order chi connectivity index (χ0) is 13.8. The lowest BCUT2D eigenvalue weighted by atomic mass is 10.2. The first-order valence-corrected chi connectivity index (χ1v) is 6.67. The van der Waals surface area contributed by atoms with E-state index in [9.17, 15) is 8.42 Å². The van der Waals surface area contributed by atoms with Crippen molar-refractivity contribution in [3.8, 4) is 0 Å². The molecule has 0 aliphatic rings. The van der Waals surface area contributed by atoms with E-state index in [1.54, 1.807) is 30.1 Å². The van der Waals surface area contributed by atoms with Gasteiger partial charge in [-0.1, -0.05) is 11.6 Å². The van der Waals surface area contributed by atoms with E-state index < -0.39 is 10.4 Å². The Hall–Kier alpha value is -1.15. The van der Waals surface area contributed by atoms with Gasteiger partial charge in [-0.15, -0.1) is 0 Å². The number of anilines is 1. The Morgan fingerprint density at radius 2 is 2.22 bits per heavy atom. The number of likely N-dealkylation sites (N-methyl/N-ethyl adjacent to an activating group) is 1. The quantitative estimate of drug-likeness (QED) is 0.640. The number of nitrogens with zero attached hydrogens (tertiary/aromatic N) is 2. The highest BCUT2D eigenvalue weighted by atomic mass is 35.5. The molecule has 0 atom stereocenters. The van der Waals surface area contributed by atoms with Gasteiger partial charge in [-0.05, 0) is 24.9 Å². The molecule has 0 spiro atoms. The van der Waals surface area contributed by atoms with Gasteiger partial charge in [-0.3, -0.25) is 9.55 Å². The van der Waals surface area contributed by atoms with Crippen LogP contribution in [0.25, 0.3) is 0 Å². The van der Waals surface area contributed by atoms with Crippen LogP contribution in [-0.4, -0.2) is 39.9 Å². The Kier molecular flexibility index (Phi) is 5.09. The third kappa shape index (κ3) is 4.61. The number of aliphatic imine (C=N–C) groups is 1. The van der Waals surface area contributed by atoms with E-state index in [0.717, 1.165) is 5.69 Å². The highest BCUT2D eigenvalue weighted by molar-refractivity contribution is 7.80. The minimum Gasteiger partial charge on any atom is -0.372 e. The molecule has 6 nitrogen and oxygen atoms in total. The van der Waals surface area contributed by atoms with E-state index in [2.05, 4.69) is 15.9 Å². The third-order valence-electron chi connectivity index (χ3n) is 2.20. The number of hydrogen-bond donors (Lipinski definition) is 1. The van der Waals surface area contributed by atoms with Crippen molar-refractivity contribution in [2.75, 3.05) is 25.1 Å². The highest BCUT2D eigenvalue weighted by Crippen LogP contribution is 2.28. The molecule has 0 aliphatic carbocycles. The summed E-state index contributed by atoms with van der Waals surface area (Å²) in [6, 6.07) is 5.15. The maximum absolute atomic E-state index is 10.4. The lowest BCUT2D eigenvalue weighted by molar-refractivity contribution is 0.274. The molecular weight excluding hydrogens is 280 g/mol. The Morgan fingerprint density at radius 3 is 2.72 bits per heavy atom. The molecule has 0 fully saturated rings. The number of benzene rings is 1. The zero-order valence-electron chi connectivity index (χ0n) is 9.71. The largest absolute Gasteiger partial charge is 0.397 e. The highest BCUT2D eigenvalue weighted by Gasteiger charge is 2.07. The molecule has 0 aromatic heterocycles. The van der Waals surface area contributed by atoms with Crippen molar-refractivity contribution in [1.82, 2.24) is 0 Å². The molecule has 100 valence electrons. The summed E-state index contributed by atoms with van der Waals surface area (Å²) >= 11 is 5.95. The summed E-state index contributed by atoms with van der Waals surface area (Å²) in [5, 5.41) is 0.449. The summed E-state index contributed by atoms with van der Waals surface area (Å²) in [5.41, 5.74) is 1.34. The predicted octanol–water partition coefficient (Wildman–Crippen LogP) is 1.93. The number of rotatable bonds is 6. The SMILES string of the molecule is C=Nc1ccc(N(C)CCOS(=O)(=O)O)cc1Cl. The fourth-order valence-corrected chi connectivity index (χ4v) is 1.79. The van der Waals surface area contributed by atoms with Crippen LogP contribution in [0.15, 0.2) is 23.2 Å². The summed E-state index contributed by atoms with van der Waals surface area (Å²) in [4.78, 5) is 5.45. The van der Waals surface area contributed by atoms with Gasteiger partial charge in [0.1, 0.15) is 0 Å². The van der Waals surface area contributed by atoms with E-state index in [1.165, 1.54) is 0 Å². The Labute approximate surface area is 111 Å². The lowest BCUT2D eigenvalue weighted by Crippen LogP contribution is -2.23. The van der Waals surface area contributed by atoms with Gasteiger partial charge in [0.05, 0.1) is 17.3 Å². The third-order valence-corrected chi connectivity index (χ3v) is 2.97. The van der Waals surface area contributed by atoms with Crippen LogP contribution in [0.2, 0.25) is 5.02 Å². The molecule has 0 saturated carbocycles. The first kappa shape index (κ1) is 14.9. The van der Waals surface area contributed by atoms with E-state index in [1.807, 2.05) is 0 Å². The van der Waals surface area contributed by atoms with Crippen LogP contribution in [0.5, 0.6) is 0 Å². The molecule has 0 amide bonds. The maximum atomic E-state index is 10.4. The fourth-order valence-electron chi connectivity index (χ4n) is 1.27. The fraction of sp³-hybridized carbons (Fsp3) is 0.300. The topological polar surface area (TPSA) is 79.2 Å². The number of halogens is 1. The molecule has 8 heteroatoms. The Morgan fingerprint density at radius 1 is 1.56 bits per heavy atom. The second-order valence-electron chi connectivity index (χ2n) is 3.47. The van der Waals surface area contributed by atoms with E-state index in [4.69, 9.17) is 16.2 Å². The van der Waals surface area contributed by atoms with Crippen molar-refractivity contribution < 1.29 is 17.2 Å². The van der Waals surface area contributed by atoms with E-state index in [-0.39, 0.29) is 13.2 Å². The monoisotopic (exact) mass is 292 g/mol. The molecule has 0 unspecified atom stereocenters. The molecular formula is C10H13ClN2O4S. The smallest absolute Gasteiger partial charge is 0.372 e. The van der Waals surface area contributed by atoms with Crippen molar-refractivity contribution in [1.29, 1.82) is 0 Å². The van der Waals surface area contributed by atoms with Gasteiger partial charge in [0.25, 0.3) is 0 Å². The number of hydrogen-bond acceptors (Lipinski definition) is 5. The summed E-state index contributed by atoms with van der Waals surface area (Å²) < 4.78 is 33.3. The van der Waals surface area contributed by atoms with Crippen molar-refractivity contribution >= 4 is 40.1 Å². The molecule has 1 aromatic rings. The van der Waals surface area contributed by atoms with Crippen molar-refractivity contribution in [2.24, 2.45) is 4.99 Å². The minimum absolute atomic E-state index is 0.158. The average molecular weight is 293 g/mol. The first-order chi connectivity index (χ1) is 8.33. The van der Waals surface area contributed by atoms with Gasteiger partial charge in [0.2, 0.25) is 0 Å². The molecule has 0 saturated heterocycles. The molecule has 1 rings (SSSR count). The summed E-state index contributed by atoms with van der Waals surface area (Å²) in [5.74, 6) is 0. The van der Waals surface area contributed by atoms with Crippen LogP contribution in [-0.2, 0) is 14.6 Å². The van der Waals surface area contributed by atoms with Crippen LogP contribution in [0.1, 0.15) is 0 Å². The average Bonchev–Trinajstić information content (AvgIpc) is 2.27. The Bertz CT molecular complexity index is 533. The van der Waals surface area contributed by atoms with Gasteiger partial charge >= 0.3 is 10.4 Å². The molecule has 0 bridgehead atoms. The second-order valence-corrected chi connectivity index (χ2v) is 4.96.